The van der Waals surface area contributed by atoms with Gasteiger partial charge in [0.05, 0.1) is 13.7 Å². The molecule has 3 nitrogen and oxygen atoms in total. The summed E-state index contributed by atoms with van der Waals surface area (Å²) in [5.41, 5.74) is 2.56. The molecule has 0 unspecified atom stereocenters. The van der Waals surface area contributed by atoms with Crippen molar-refractivity contribution in [2.24, 2.45) is 0 Å². The van der Waals surface area contributed by atoms with Gasteiger partial charge in [-0.1, -0.05) is 54.6 Å². The van der Waals surface area contributed by atoms with Crippen molar-refractivity contribution < 1.29 is 9.53 Å². The van der Waals surface area contributed by atoms with Crippen LogP contribution in [-0.4, -0.2) is 13.0 Å². The Morgan fingerprint density at radius 3 is 2.21 bits per heavy atom. The SMILES string of the molecule is COc1cccc(C(=O)N(Cc2ccccc2)c2ccccc2)c1. The number of methoxy groups -OCH3 is 1. The number of ether oxygens (including phenoxy) is 1. The zero-order valence-corrected chi connectivity index (χ0v) is 13.6. The molecule has 0 atom stereocenters. The number of amides is 1. The first-order valence-corrected chi connectivity index (χ1v) is 7.83. The average Bonchev–Trinajstić information content (AvgIpc) is 2.67. The van der Waals surface area contributed by atoms with Crippen LogP contribution in [0.3, 0.4) is 0 Å². The Balaban J connectivity index is 1.96. The van der Waals surface area contributed by atoms with Gasteiger partial charge in [0.2, 0.25) is 0 Å². The van der Waals surface area contributed by atoms with Crippen molar-refractivity contribution in [1.29, 1.82) is 0 Å². The lowest BCUT2D eigenvalue weighted by Gasteiger charge is -2.23. The predicted molar refractivity (Wildman–Crippen MR) is 96.4 cm³/mol. The molecule has 3 rings (SSSR count). The molecule has 120 valence electrons. The Hall–Kier alpha value is -3.07. The number of anilines is 1. The lowest BCUT2D eigenvalue weighted by molar-refractivity contribution is 0.0985. The smallest absolute Gasteiger partial charge is 0.258 e. The van der Waals surface area contributed by atoms with Gasteiger partial charge in [-0.25, -0.2) is 0 Å². The Bertz CT molecular complexity index is 800. The van der Waals surface area contributed by atoms with Crippen LogP contribution in [0.1, 0.15) is 15.9 Å². The van der Waals surface area contributed by atoms with Gasteiger partial charge < -0.3 is 9.64 Å². The third-order valence-electron chi connectivity index (χ3n) is 3.81. The van der Waals surface area contributed by atoms with Gasteiger partial charge in [-0.2, -0.15) is 0 Å². The molecular formula is C21H19NO2. The molecule has 0 aromatic heterocycles. The summed E-state index contributed by atoms with van der Waals surface area (Å²) in [6.45, 7) is 0.515. The molecule has 3 aromatic carbocycles. The van der Waals surface area contributed by atoms with Crippen LogP contribution in [0.15, 0.2) is 84.9 Å². The summed E-state index contributed by atoms with van der Waals surface area (Å²) in [6.07, 6.45) is 0. The van der Waals surface area contributed by atoms with Crippen LogP contribution >= 0.6 is 0 Å². The minimum atomic E-state index is -0.0519. The first kappa shape index (κ1) is 15.8. The highest BCUT2D eigenvalue weighted by Crippen LogP contribution is 2.22. The molecular weight excluding hydrogens is 298 g/mol. The zero-order valence-electron chi connectivity index (χ0n) is 13.6. The molecule has 3 heteroatoms. The normalized spacial score (nSPS) is 10.2. The van der Waals surface area contributed by atoms with Crippen LogP contribution in [0.2, 0.25) is 0 Å². The molecule has 0 bridgehead atoms. The molecule has 0 N–H and O–H groups in total. The Morgan fingerprint density at radius 1 is 0.875 bits per heavy atom. The summed E-state index contributed by atoms with van der Waals surface area (Å²) in [4.78, 5) is 14.9. The monoisotopic (exact) mass is 317 g/mol. The molecule has 0 spiro atoms. The van der Waals surface area contributed by atoms with Crippen LogP contribution in [0.25, 0.3) is 0 Å². The van der Waals surface area contributed by atoms with E-state index in [1.54, 1.807) is 18.1 Å². The van der Waals surface area contributed by atoms with Crippen LogP contribution in [0.5, 0.6) is 5.75 Å². The summed E-state index contributed by atoms with van der Waals surface area (Å²) >= 11 is 0. The van der Waals surface area contributed by atoms with Gasteiger partial charge in [-0.3, -0.25) is 4.79 Å². The molecule has 1 amide bonds. The standard InChI is InChI=1S/C21H19NO2/c1-24-20-14-8-11-18(15-20)21(23)22(19-12-6-3-7-13-19)16-17-9-4-2-5-10-17/h2-15H,16H2,1H3. The van der Waals surface area contributed by atoms with Crippen molar-refractivity contribution in [2.45, 2.75) is 6.54 Å². The van der Waals surface area contributed by atoms with Gasteiger partial charge >= 0.3 is 0 Å². The van der Waals surface area contributed by atoms with E-state index in [-0.39, 0.29) is 5.91 Å². The number of rotatable bonds is 5. The first-order valence-electron chi connectivity index (χ1n) is 7.83. The summed E-state index contributed by atoms with van der Waals surface area (Å²) in [6, 6.07) is 26.9. The van der Waals surface area contributed by atoms with E-state index in [0.29, 0.717) is 17.9 Å². The molecule has 0 aliphatic heterocycles. The van der Waals surface area contributed by atoms with E-state index in [0.717, 1.165) is 11.3 Å². The van der Waals surface area contributed by atoms with Crippen LogP contribution in [-0.2, 0) is 6.54 Å². The van der Waals surface area contributed by atoms with Crippen molar-refractivity contribution in [3.8, 4) is 5.75 Å². The Labute approximate surface area is 142 Å². The maximum atomic E-state index is 13.1. The second kappa shape index (κ2) is 7.47. The maximum Gasteiger partial charge on any atom is 0.258 e. The van der Waals surface area contributed by atoms with E-state index in [9.17, 15) is 4.79 Å². The molecule has 0 radical (unpaired) electrons. The number of para-hydroxylation sites is 1. The van der Waals surface area contributed by atoms with Crippen molar-refractivity contribution >= 4 is 11.6 Å². The zero-order chi connectivity index (χ0) is 16.8. The van der Waals surface area contributed by atoms with E-state index >= 15 is 0 Å². The fraction of sp³-hybridized carbons (Fsp3) is 0.0952. The van der Waals surface area contributed by atoms with Crippen molar-refractivity contribution in [2.75, 3.05) is 12.0 Å². The van der Waals surface area contributed by atoms with Crippen LogP contribution in [0.4, 0.5) is 5.69 Å². The number of carbonyl (C=O) groups is 1. The molecule has 0 saturated heterocycles. The number of carbonyl (C=O) groups excluding carboxylic acids is 1. The second-order valence-electron chi connectivity index (χ2n) is 5.44. The third kappa shape index (κ3) is 3.63. The average molecular weight is 317 g/mol. The number of hydrogen-bond donors (Lipinski definition) is 0. The van der Waals surface area contributed by atoms with Crippen LogP contribution in [0, 0.1) is 0 Å². The van der Waals surface area contributed by atoms with Gasteiger partial charge in [-0.15, -0.1) is 0 Å². The molecule has 0 fully saturated rings. The molecule has 3 aromatic rings. The number of nitrogens with zero attached hydrogens (tertiary/aromatic N) is 1. The predicted octanol–water partition coefficient (Wildman–Crippen LogP) is 4.54. The Morgan fingerprint density at radius 2 is 1.54 bits per heavy atom. The van der Waals surface area contributed by atoms with E-state index in [4.69, 9.17) is 4.74 Å². The fourth-order valence-electron chi connectivity index (χ4n) is 2.57. The summed E-state index contributed by atoms with van der Waals surface area (Å²) in [7, 11) is 1.60. The van der Waals surface area contributed by atoms with E-state index in [1.165, 1.54) is 0 Å². The van der Waals surface area contributed by atoms with Gasteiger partial charge in [-0.05, 0) is 35.9 Å². The van der Waals surface area contributed by atoms with E-state index < -0.39 is 0 Å². The highest BCUT2D eigenvalue weighted by Gasteiger charge is 2.18. The Kier molecular flexibility index (Phi) is 4.92. The van der Waals surface area contributed by atoms with Gasteiger partial charge in [0.1, 0.15) is 5.75 Å². The van der Waals surface area contributed by atoms with Crippen molar-refractivity contribution in [1.82, 2.24) is 0 Å². The molecule has 0 aliphatic rings. The topological polar surface area (TPSA) is 29.5 Å². The maximum absolute atomic E-state index is 13.1. The lowest BCUT2D eigenvalue weighted by atomic mass is 10.1. The summed E-state index contributed by atoms with van der Waals surface area (Å²) < 4.78 is 5.24. The van der Waals surface area contributed by atoms with Gasteiger partial charge in [0.15, 0.2) is 0 Å². The van der Waals surface area contributed by atoms with Crippen molar-refractivity contribution in [3.63, 3.8) is 0 Å². The van der Waals surface area contributed by atoms with Gasteiger partial charge in [0, 0.05) is 11.3 Å². The molecule has 0 aliphatic carbocycles. The lowest BCUT2D eigenvalue weighted by Crippen LogP contribution is -2.30. The quantitative estimate of drug-likeness (QED) is 0.691. The molecule has 24 heavy (non-hydrogen) atoms. The highest BCUT2D eigenvalue weighted by atomic mass is 16.5. The molecule has 0 heterocycles. The second-order valence-corrected chi connectivity index (χ2v) is 5.44. The van der Waals surface area contributed by atoms with E-state index in [2.05, 4.69) is 0 Å². The van der Waals surface area contributed by atoms with Gasteiger partial charge in [0.25, 0.3) is 5.91 Å². The summed E-state index contributed by atoms with van der Waals surface area (Å²) in [5.74, 6) is 0.623. The number of benzene rings is 3. The van der Waals surface area contributed by atoms with Crippen molar-refractivity contribution in [3.05, 3.63) is 96.1 Å². The summed E-state index contributed by atoms with van der Waals surface area (Å²) in [5, 5.41) is 0. The molecule has 0 saturated carbocycles. The fourth-order valence-corrected chi connectivity index (χ4v) is 2.57. The van der Waals surface area contributed by atoms with E-state index in [1.807, 2.05) is 78.9 Å². The largest absolute Gasteiger partial charge is 0.497 e. The van der Waals surface area contributed by atoms with Crippen LogP contribution < -0.4 is 9.64 Å². The minimum Gasteiger partial charge on any atom is -0.497 e. The third-order valence-corrected chi connectivity index (χ3v) is 3.81. The highest BCUT2D eigenvalue weighted by molar-refractivity contribution is 6.06. The first-order chi connectivity index (χ1) is 11.8. The number of hydrogen-bond acceptors (Lipinski definition) is 2. The minimum absolute atomic E-state index is 0.0519.